The zero-order valence-corrected chi connectivity index (χ0v) is 12.2. The molecule has 17 heavy (non-hydrogen) atoms. The van der Waals surface area contributed by atoms with Crippen molar-refractivity contribution in [1.82, 2.24) is 5.32 Å². The minimum Gasteiger partial charge on any atom is -0.380 e. The summed E-state index contributed by atoms with van der Waals surface area (Å²) in [6.07, 6.45) is 8.33. The van der Waals surface area contributed by atoms with Gasteiger partial charge in [-0.2, -0.15) is 0 Å². The van der Waals surface area contributed by atoms with Gasteiger partial charge in [0.15, 0.2) is 0 Å². The summed E-state index contributed by atoms with van der Waals surface area (Å²) in [6.45, 7) is 7.97. The second-order valence-corrected chi connectivity index (χ2v) is 5.92. The van der Waals surface area contributed by atoms with Crippen molar-refractivity contribution in [3.63, 3.8) is 0 Å². The SMILES string of the molecule is CCCNC(CCCC(C)C)C(OC)C1CC1. The van der Waals surface area contributed by atoms with E-state index < -0.39 is 0 Å². The zero-order chi connectivity index (χ0) is 12.7. The summed E-state index contributed by atoms with van der Waals surface area (Å²) < 4.78 is 5.73. The van der Waals surface area contributed by atoms with E-state index in [9.17, 15) is 0 Å². The standard InChI is InChI=1S/C15H31NO/c1-5-11-16-14(8-6-7-12(2)3)15(17-4)13-9-10-13/h12-16H,5-11H2,1-4H3. The molecule has 2 unspecified atom stereocenters. The molecule has 0 saturated heterocycles. The highest BCUT2D eigenvalue weighted by molar-refractivity contribution is 4.90. The van der Waals surface area contributed by atoms with Crippen molar-refractivity contribution in [3.8, 4) is 0 Å². The topological polar surface area (TPSA) is 21.3 Å². The lowest BCUT2D eigenvalue weighted by atomic mass is 9.97. The normalized spacial score (nSPS) is 19.6. The Hall–Kier alpha value is -0.0800. The second kappa shape index (κ2) is 8.10. The van der Waals surface area contributed by atoms with E-state index in [4.69, 9.17) is 4.74 Å². The zero-order valence-electron chi connectivity index (χ0n) is 12.2. The van der Waals surface area contributed by atoms with Gasteiger partial charge in [0.05, 0.1) is 6.10 Å². The predicted octanol–water partition coefficient (Wildman–Crippen LogP) is 3.61. The van der Waals surface area contributed by atoms with Gasteiger partial charge in [-0.25, -0.2) is 0 Å². The summed E-state index contributed by atoms with van der Waals surface area (Å²) in [6, 6.07) is 0.575. The first-order chi connectivity index (χ1) is 8.19. The van der Waals surface area contributed by atoms with Gasteiger partial charge in [0.1, 0.15) is 0 Å². The van der Waals surface area contributed by atoms with E-state index in [1.54, 1.807) is 0 Å². The van der Waals surface area contributed by atoms with Gasteiger partial charge in [-0.1, -0.05) is 33.6 Å². The van der Waals surface area contributed by atoms with Gasteiger partial charge in [-0.05, 0) is 44.1 Å². The van der Waals surface area contributed by atoms with E-state index in [0.29, 0.717) is 12.1 Å². The van der Waals surface area contributed by atoms with E-state index in [1.807, 2.05) is 7.11 Å². The van der Waals surface area contributed by atoms with Crippen LogP contribution in [0.4, 0.5) is 0 Å². The Morgan fingerprint density at radius 1 is 1.24 bits per heavy atom. The minimum atomic E-state index is 0.453. The van der Waals surface area contributed by atoms with Crippen LogP contribution < -0.4 is 5.32 Å². The molecule has 0 radical (unpaired) electrons. The molecule has 2 nitrogen and oxygen atoms in total. The molecule has 0 aromatic carbocycles. The highest BCUT2D eigenvalue weighted by Gasteiger charge is 2.36. The van der Waals surface area contributed by atoms with Gasteiger partial charge in [-0.15, -0.1) is 0 Å². The van der Waals surface area contributed by atoms with Crippen LogP contribution in [0.1, 0.15) is 59.3 Å². The third-order valence-electron chi connectivity index (χ3n) is 3.71. The van der Waals surface area contributed by atoms with Crippen molar-refractivity contribution in [1.29, 1.82) is 0 Å². The van der Waals surface area contributed by atoms with E-state index in [0.717, 1.165) is 18.4 Å². The van der Waals surface area contributed by atoms with Crippen molar-refractivity contribution in [2.75, 3.05) is 13.7 Å². The molecule has 1 saturated carbocycles. The fraction of sp³-hybridized carbons (Fsp3) is 1.00. The van der Waals surface area contributed by atoms with Crippen molar-refractivity contribution in [2.45, 2.75) is 71.4 Å². The average Bonchev–Trinajstić information content (AvgIpc) is 3.10. The van der Waals surface area contributed by atoms with Crippen molar-refractivity contribution < 1.29 is 4.74 Å². The van der Waals surface area contributed by atoms with E-state index in [2.05, 4.69) is 26.1 Å². The highest BCUT2D eigenvalue weighted by atomic mass is 16.5. The van der Waals surface area contributed by atoms with Crippen LogP contribution in [-0.4, -0.2) is 25.8 Å². The smallest absolute Gasteiger partial charge is 0.0752 e. The van der Waals surface area contributed by atoms with Crippen LogP contribution in [0.15, 0.2) is 0 Å². The van der Waals surface area contributed by atoms with E-state index in [1.165, 1.54) is 38.5 Å². The first-order valence-corrected chi connectivity index (χ1v) is 7.45. The predicted molar refractivity (Wildman–Crippen MR) is 74.3 cm³/mol. The summed E-state index contributed by atoms with van der Waals surface area (Å²) in [4.78, 5) is 0. The molecule has 1 fully saturated rings. The molecule has 0 aromatic heterocycles. The maximum Gasteiger partial charge on any atom is 0.0752 e. The first kappa shape index (κ1) is 15.0. The lowest BCUT2D eigenvalue weighted by Gasteiger charge is -2.27. The van der Waals surface area contributed by atoms with Gasteiger partial charge in [0, 0.05) is 13.2 Å². The van der Waals surface area contributed by atoms with Crippen molar-refractivity contribution >= 4 is 0 Å². The largest absolute Gasteiger partial charge is 0.380 e. The van der Waals surface area contributed by atoms with Crippen LogP contribution in [0.3, 0.4) is 0 Å². The fourth-order valence-corrected chi connectivity index (χ4v) is 2.57. The molecule has 1 aliphatic rings. The third kappa shape index (κ3) is 5.87. The Morgan fingerprint density at radius 3 is 2.41 bits per heavy atom. The van der Waals surface area contributed by atoms with Crippen molar-refractivity contribution in [2.24, 2.45) is 11.8 Å². The lowest BCUT2D eigenvalue weighted by molar-refractivity contribution is 0.0473. The number of rotatable bonds is 10. The molecule has 0 bridgehead atoms. The number of nitrogens with one attached hydrogen (secondary N) is 1. The van der Waals surface area contributed by atoms with Crippen LogP contribution in [0.2, 0.25) is 0 Å². The minimum absolute atomic E-state index is 0.453. The van der Waals surface area contributed by atoms with Crippen LogP contribution in [0, 0.1) is 11.8 Å². The van der Waals surface area contributed by atoms with E-state index in [-0.39, 0.29) is 0 Å². The molecule has 2 atom stereocenters. The van der Waals surface area contributed by atoms with E-state index >= 15 is 0 Å². The van der Waals surface area contributed by atoms with Gasteiger partial charge < -0.3 is 10.1 Å². The summed E-state index contributed by atoms with van der Waals surface area (Å²) in [7, 11) is 1.88. The summed E-state index contributed by atoms with van der Waals surface area (Å²) in [5.41, 5.74) is 0. The summed E-state index contributed by atoms with van der Waals surface area (Å²) >= 11 is 0. The van der Waals surface area contributed by atoms with Gasteiger partial charge in [0.2, 0.25) is 0 Å². The molecule has 102 valence electrons. The van der Waals surface area contributed by atoms with Crippen LogP contribution in [-0.2, 0) is 4.74 Å². The number of hydrogen-bond acceptors (Lipinski definition) is 2. The Labute approximate surface area is 108 Å². The molecular weight excluding hydrogens is 210 g/mol. The molecule has 1 aliphatic carbocycles. The highest BCUT2D eigenvalue weighted by Crippen LogP contribution is 2.36. The molecule has 0 heterocycles. The van der Waals surface area contributed by atoms with Crippen molar-refractivity contribution in [3.05, 3.63) is 0 Å². The lowest BCUT2D eigenvalue weighted by Crippen LogP contribution is -2.42. The van der Waals surface area contributed by atoms with Crippen LogP contribution >= 0.6 is 0 Å². The maximum atomic E-state index is 5.73. The van der Waals surface area contributed by atoms with Gasteiger partial charge in [-0.3, -0.25) is 0 Å². The number of methoxy groups -OCH3 is 1. The number of hydrogen-bond donors (Lipinski definition) is 1. The Kier molecular flexibility index (Phi) is 7.14. The molecule has 1 rings (SSSR count). The molecule has 1 N–H and O–H groups in total. The first-order valence-electron chi connectivity index (χ1n) is 7.45. The second-order valence-electron chi connectivity index (χ2n) is 5.92. The monoisotopic (exact) mass is 241 g/mol. The summed E-state index contributed by atoms with van der Waals surface area (Å²) in [5, 5.41) is 3.69. The molecule has 2 heteroatoms. The summed E-state index contributed by atoms with van der Waals surface area (Å²) in [5.74, 6) is 1.65. The van der Waals surface area contributed by atoms with Crippen LogP contribution in [0.5, 0.6) is 0 Å². The van der Waals surface area contributed by atoms with Gasteiger partial charge >= 0.3 is 0 Å². The molecule has 0 spiro atoms. The maximum absolute atomic E-state index is 5.73. The van der Waals surface area contributed by atoms with Gasteiger partial charge in [0.25, 0.3) is 0 Å². The molecule has 0 aromatic rings. The number of ether oxygens (including phenoxy) is 1. The Morgan fingerprint density at radius 2 is 1.94 bits per heavy atom. The van der Waals surface area contributed by atoms with Crippen LogP contribution in [0.25, 0.3) is 0 Å². The molecule has 0 amide bonds. The quantitative estimate of drug-likeness (QED) is 0.631. The Balaban J connectivity index is 2.34. The average molecular weight is 241 g/mol. The fourth-order valence-electron chi connectivity index (χ4n) is 2.57. The third-order valence-corrected chi connectivity index (χ3v) is 3.71. The Bertz CT molecular complexity index is 189. The molecular formula is C15H31NO. The molecule has 0 aliphatic heterocycles.